The molecule has 1 atom stereocenters. The average molecular weight is 360 g/mol. The van der Waals surface area contributed by atoms with Crippen LogP contribution in [-0.2, 0) is 11.2 Å². The molecule has 9 nitrogen and oxygen atoms in total. The van der Waals surface area contributed by atoms with Crippen molar-refractivity contribution in [3.8, 4) is 11.5 Å². The van der Waals surface area contributed by atoms with Crippen molar-refractivity contribution < 1.29 is 29.1 Å². The monoisotopic (exact) mass is 360 g/mol. The van der Waals surface area contributed by atoms with Gasteiger partial charge in [0.2, 0.25) is 0 Å². The number of aliphatic carboxylic acids is 1. The van der Waals surface area contributed by atoms with Crippen LogP contribution in [0.1, 0.15) is 5.56 Å². The molecule has 0 aliphatic carbocycles. The number of amides is 1. The molecule has 0 saturated heterocycles. The number of hydrogen-bond donors (Lipinski definition) is 2. The summed E-state index contributed by atoms with van der Waals surface area (Å²) < 4.78 is 9.98. The third kappa shape index (κ3) is 5.20. The van der Waals surface area contributed by atoms with Crippen LogP contribution in [0.4, 0.5) is 10.5 Å². The van der Waals surface area contributed by atoms with Crippen molar-refractivity contribution >= 4 is 17.7 Å². The molecule has 0 aliphatic heterocycles. The van der Waals surface area contributed by atoms with E-state index in [1.807, 2.05) is 0 Å². The van der Waals surface area contributed by atoms with Crippen molar-refractivity contribution in [2.75, 3.05) is 7.11 Å². The number of methoxy groups -OCH3 is 1. The van der Waals surface area contributed by atoms with Gasteiger partial charge in [0, 0.05) is 18.6 Å². The number of nitrogens with one attached hydrogen (secondary N) is 1. The fourth-order valence-corrected chi connectivity index (χ4v) is 2.11. The Morgan fingerprint density at radius 2 is 1.69 bits per heavy atom. The highest BCUT2D eigenvalue weighted by molar-refractivity contribution is 5.81. The average Bonchev–Trinajstić information content (AvgIpc) is 2.62. The number of carbonyl (C=O) groups is 2. The van der Waals surface area contributed by atoms with E-state index in [0.29, 0.717) is 11.3 Å². The van der Waals surface area contributed by atoms with E-state index in [-0.39, 0.29) is 17.9 Å². The maximum Gasteiger partial charge on any atom is 0.413 e. The van der Waals surface area contributed by atoms with Crippen molar-refractivity contribution in [1.82, 2.24) is 5.32 Å². The van der Waals surface area contributed by atoms with Crippen LogP contribution in [0.15, 0.2) is 48.5 Å². The minimum Gasteiger partial charge on any atom is -0.497 e. The fourth-order valence-electron chi connectivity index (χ4n) is 2.11. The molecule has 0 heterocycles. The first-order valence-corrected chi connectivity index (χ1v) is 7.47. The molecule has 26 heavy (non-hydrogen) atoms. The van der Waals surface area contributed by atoms with E-state index in [0.717, 1.165) is 0 Å². The lowest BCUT2D eigenvalue weighted by Crippen LogP contribution is -2.43. The van der Waals surface area contributed by atoms with Crippen molar-refractivity contribution in [3.63, 3.8) is 0 Å². The molecule has 2 aromatic carbocycles. The first-order valence-electron chi connectivity index (χ1n) is 7.47. The number of carbonyl (C=O) groups excluding carboxylic acids is 1. The molecular weight excluding hydrogens is 344 g/mol. The molecule has 2 N–H and O–H groups in total. The van der Waals surface area contributed by atoms with Gasteiger partial charge in [0.05, 0.1) is 12.0 Å². The van der Waals surface area contributed by atoms with E-state index in [2.05, 4.69) is 5.32 Å². The molecule has 1 amide bonds. The summed E-state index contributed by atoms with van der Waals surface area (Å²) in [5.74, 6) is -0.533. The molecular formula is C17H16N2O7. The number of ether oxygens (including phenoxy) is 2. The van der Waals surface area contributed by atoms with Crippen LogP contribution in [0.5, 0.6) is 11.5 Å². The SMILES string of the molecule is COc1ccc(CC(NC(=O)Oc2ccc([N+](=O)[O-])cc2)C(=O)O)cc1. The molecule has 9 heteroatoms. The molecule has 0 bridgehead atoms. The van der Waals surface area contributed by atoms with Crippen molar-refractivity contribution in [1.29, 1.82) is 0 Å². The minimum absolute atomic E-state index is 0.0503. The predicted molar refractivity (Wildman–Crippen MR) is 90.4 cm³/mol. The van der Waals surface area contributed by atoms with Crippen LogP contribution < -0.4 is 14.8 Å². The second kappa shape index (κ2) is 8.47. The van der Waals surface area contributed by atoms with Crippen molar-refractivity contribution in [2.45, 2.75) is 12.5 Å². The summed E-state index contributed by atoms with van der Waals surface area (Å²) in [4.78, 5) is 33.2. The van der Waals surface area contributed by atoms with Crippen LogP contribution >= 0.6 is 0 Å². The Morgan fingerprint density at radius 3 is 2.19 bits per heavy atom. The van der Waals surface area contributed by atoms with Crippen LogP contribution in [0.25, 0.3) is 0 Å². The van der Waals surface area contributed by atoms with Gasteiger partial charge in [0.25, 0.3) is 5.69 Å². The highest BCUT2D eigenvalue weighted by Gasteiger charge is 2.21. The smallest absolute Gasteiger partial charge is 0.413 e. The first kappa shape index (κ1) is 18.7. The van der Waals surface area contributed by atoms with Gasteiger partial charge in [-0.15, -0.1) is 0 Å². The van der Waals surface area contributed by atoms with E-state index in [4.69, 9.17) is 9.47 Å². The Hall–Kier alpha value is -3.62. The Kier molecular flexibility index (Phi) is 6.10. The molecule has 2 rings (SSSR count). The maximum atomic E-state index is 11.9. The zero-order valence-electron chi connectivity index (χ0n) is 13.7. The maximum absolute atomic E-state index is 11.9. The van der Waals surface area contributed by atoms with E-state index in [1.54, 1.807) is 24.3 Å². The number of hydrogen-bond acceptors (Lipinski definition) is 6. The van der Waals surface area contributed by atoms with Gasteiger partial charge in [-0.05, 0) is 29.8 Å². The third-order valence-electron chi connectivity index (χ3n) is 3.45. The second-order valence-corrected chi connectivity index (χ2v) is 5.23. The van der Waals surface area contributed by atoms with E-state index in [9.17, 15) is 24.8 Å². The molecule has 0 aliphatic rings. The number of benzene rings is 2. The lowest BCUT2D eigenvalue weighted by molar-refractivity contribution is -0.384. The highest BCUT2D eigenvalue weighted by Crippen LogP contribution is 2.17. The van der Waals surface area contributed by atoms with E-state index in [1.165, 1.54) is 31.4 Å². The lowest BCUT2D eigenvalue weighted by atomic mass is 10.1. The molecule has 1 unspecified atom stereocenters. The van der Waals surface area contributed by atoms with E-state index < -0.39 is 23.0 Å². The summed E-state index contributed by atoms with van der Waals surface area (Å²) in [6.45, 7) is 0. The molecule has 136 valence electrons. The van der Waals surface area contributed by atoms with Gasteiger partial charge in [-0.25, -0.2) is 9.59 Å². The van der Waals surface area contributed by atoms with Gasteiger partial charge in [0.15, 0.2) is 0 Å². The van der Waals surface area contributed by atoms with Gasteiger partial charge in [-0.3, -0.25) is 10.1 Å². The van der Waals surface area contributed by atoms with Crippen molar-refractivity contribution in [2.24, 2.45) is 0 Å². The summed E-state index contributed by atoms with van der Waals surface area (Å²) in [7, 11) is 1.52. The number of nitro benzene ring substituents is 1. The van der Waals surface area contributed by atoms with Crippen LogP contribution in [0, 0.1) is 10.1 Å². The molecule has 0 aromatic heterocycles. The predicted octanol–water partition coefficient (Wildman–Crippen LogP) is 2.39. The minimum atomic E-state index is -1.22. The summed E-state index contributed by atoms with van der Waals surface area (Å²) in [5.41, 5.74) is 0.537. The summed E-state index contributed by atoms with van der Waals surface area (Å²) in [6.07, 6.45) is -0.922. The number of carboxylic acids is 1. The van der Waals surface area contributed by atoms with Gasteiger partial charge in [-0.1, -0.05) is 12.1 Å². The first-order chi connectivity index (χ1) is 12.4. The van der Waals surface area contributed by atoms with Crippen LogP contribution in [-0.4, -0.2) is 35.2 Å². The molecule has 0 radical (unpaired) electrons. The van der Waals surface area contributed by atoms with E-state index >= 15 is 0 Å². The number of nitrogens with zero attached hydrogens (tertiary/aromatic N) is 1. The number of nitro groups is 1. The molecule has 0 spiro atoms. The quantitative estimate of drug-likeness (QED) is 0.573. The normalized spacial score (nSPS) is 11.3. The third-order valence-corrected chi connectivity index (χ3v) is 3.45. The van der Waals surface area contributed by atoms with Gasteiger partial charge >= 0.3 is 12.1 Å². The summed E-state index contributed by atoms with van der Waals surface area (Å²) in [5, 5.41) is 22.1. The van der Waals surface area contributed by atoms with Gasteiger partial charge in [0.1, 0.15) is 17.5 Å². The zero-order valence-corrected chi connectivity index (χ0v) is 13.7. The number of non-ortho nitro benzene ring substituents is 1. The number of carboxylic acid groups (broad SMARTS) is 1. The van der Waals surface area contributed by atoms with Gasteiger partial charge in [-0.2, -0.15) is 0 Å². The van der Waals surface area contributed by atoms with Crippen LogP contribution in [0.3, 0.4) is 0 Å². The Bertz CT molecular complexity index is 788. The Balaban J connectivity index is 1.98. The highest BCUT2D eigenvalue weighted by atomic mass is 16.6. The molecule has 0 saturated carbocycles. The largest absolute Gasteiger partial charge is 0.497 e. The molecule has 2 aromatic rings. The Morgan fingerprint density at radius 1 is 1.12 bits per heavy atom. The van der Waals surface area contributed by atoms with Gasteiger partial charge < -0.3 is 19.9 Å². The zero-order chi connectivity index (χ0) is 19.1. The Labute approximate surface area is 148 Å². The second-order valence-electron chi connectivity index (χ2n) is 5.23. The topological polar surface area (TPSA) is 128 Å². The number of rotatable bonds is 7. The fraction of sp³-hybridized carbons (Fsp3) is 0.176. The summed E-state index contributed by atoms with van der Waals surface area (Å²) >= 11 is 0. The molecule has 0 fully saturated rings. The van der Waals surface area contributed by atoms with Crippen LogP contribution in [0.2, 0.25) is 0 Å². The van der Waals surface area contributed by atoms with Crippen molar-refractivity contribution in [3.05, 3.63) is 64.2 Å². The lowest BCUT2D eigenvalue weighted by Gasteiger charge is -2.14. The summed E-state index contributed by atoms with van der Waals surface area (Å²) in [6, 6.07) is 10.4. The standard InChI is InChI=1S/C17H16N2O7/c1-25-13-6-2-11(3-7-13)10-15(16(20)21)18-17(22)26-14-8-4-12(5-9-14)19(23)24/h2-9,15H,10H2,1H3,(H,18,22)(H,20,21).